The predicted molar refractivity (Wildman–Crippen MR) is 61.0 cm³/mol. The van der Waals surface area contributed by atoms with Gasteiger partial charge >= 0.3 is 0 Å². The first-order valence-corrected chi connectivity index (χ1v) is 5.06. The van der Waals surface area contributed by atoms with Gasteiger partial charge in [0.05, 0.1) is 0 Å². The fourth-order valence-electron chi connectivity index (χ4n) is 1.47. The molecule has 0 amide bonds. The van der Waals surface area contributed by atoms with Crippen LogP contribution in [0, 0.1) is 0 Å². The molecule has 15 heavy (non-hydrogen) atoms. The van der Waals surface area contributed by atoms with Crippen LogP contribution in [0.4, 0.5) is 0 Å². The summed E-state index contributed by atoms with van der Waals surface area (Å²) in [4.78, 5) is 0. The van der Waals surface area contributed by atoms with Crippen molar-refractivity contribution in [3.8, 4) is 0 Å². The molecule has 0 fully saturated rings. The summed E-state index contributed by atoms with van der Waals surface area (Å²) in [5, 5.41) is 11.3. The summed E-state index contributed by atoms with van der Waals surface area (Å²) in [6.45, 7) is 3.57. The first kappa shape index (κ1) is 10.3. The van der Waals surface area contributed by atoms with Gasteiger partial charge in [0, 0.05) is 10.4 Å². The molecule has 0 radical (unpaired) electrons. The van der Waals surface area contributed by atoms with E-state index in [4.69, 9.17) is 16.0 Å². The Morgan fingerprint density at radius 1 is 1.47 bits per heavy atom. The van der Waals surface area contributed by atoms with Crippen LogP contribution in [0.5, 0.6) is 0 Å². The molecule has 0 aliphatic rings. The molecule has 0 bridgehead atoms. The lowest BCUT2D eigenvalue weighted by atomic mass is 10.2. The highest BCUT2D eigenvalue weighted by Crippen LogP contribution is 2.27. The lowest BCUT2D eigenvalue weighted by molar-refractivity contribution is 0.155. The standard InChI is InChI=1S/C12H11ClO2/c1-2-3-10(14)12-7-8-6-9(13)4-5-11(8)15-12/h2,4-7,10,14H,1,3H2. The van der Waals surface area contributed by atoms with E-state index in [0.29, 0.717) is 17.2 Å². The Bertz CT molecular complexity index is 487. The molecule has 2 rings (SSSR count). The van der Waals surface area contributed by atoms with Gasteiger partial charge in [-0.05, 0) is 30.7 Å². The first-order valence-electron chi connectivity index (χ1n) is 4.68. The van der Waals surface area contributed by atoms with E-state index < -0.39 is 6.10 Å². The van der Waals surface area contributed by atoms with Crippen LogP contribution in [0.25, 0.3) is 11.0 Å². The number of aliphatic hydroxyl groups excluding tert-OH is 1. The highest BCUT2D eigenvalue weighted by Gasteiger charge is 2.11. The van der Waals surface area contributed by atoms with Crippen molar-refractivity contribution < 1.29 is 9.52 Å². The number of rotatable bonds is 3. The Labute approximate surface area is 92.8 Å². The molecule has 78 valence electrons. The summed E-state index contributed by atoms with van der Waals surface area (Å²) in [5.74, 6) is 0.548. The van der Waals surface area contributed by atoms with Gasteiger partial charge in [-0.1, -0.05) is 17.7 Å². The third kappa shape index (κ3) is 2.06. The Morgan fingerprint density at radius 2 is 2.27 bits per heavy atom. The SMILES string of the molecule is C=CCC(O)c1cc2cc(Cl)ccc2o1. The molecule has 0 aliphatic carbocycles. The number of furan rings is 1. The molecule has 1 aromatic heterocycles. The van der Waals surface area contributed by atoms with Crippen LogP contribution in [-0.4, -0.2) is 5.11 Å². The fourth-order valence-corrected chi connectivity index (χ4v) is 1.65. The fraction of sp³-hybridized carbons (Fsp3) is 0.167. The minimum absolute atomic E-state index is 0.480. The van der Waals surface area contributed by atoms with Crippen molar-refractivity contribution in [2.45, 2.75) is 12.5 Å². The van der Waals surface area contributed by atoms with Crippen molar-refractivity contribution in [1.29, 1.82) is 0 Å². The molecule has 1 unspecified atom stereocenters. The monoisotopic (exact) mass is 222 g/mol. The zero-order valence-electron chi connectivity index (χ0n) is 8.11. The molecule has 2 aromatic rings. The minimum atomic E-state index is -0.631. The van der Waals surface area contributed by atoms with E-state index in [9.17, 15) is 5.11 Å². The van der Waals surface area contributed by atoms with Crippen molar-refractivity contribution in [3.05, 3.63) is 47.7 Å². The van der Waals surface area contributed by atoms with Crippen molar-refractivity contribution in [1.82, 2.24) is 0 Å². The average Bonchev–Trinajstić information content (AvgIpc) is 2.60. The summed E-state index contributed by atoms with van der Waals surface area (Å²) in [5.41, 5.74) is 0.734. The van der Waals surface area contributed by atoms with Crippen molar-refractivity contribution in [2.24, 2.45) is 0 Å². The molecule has 0 spiro atoms. The van der Waals surface area contributed by atoms with Gasteiger partial charge in [-0.15, -0.1) is 6.58 Å². The summed E-state index contributed by atoms with van der Waals surface area (Å²) in [7, 11) is 0. The average molecular weight is 223 g/mol. The predicted octanol–water partition coefficient (Wildman–Crippen LogP) is 3.70. The Hall–Kier alpha value is -1.25. The topological polar surface area (TPSA) is 33.4 Å². The van der Waals surface area contributed by atoms with E-state index in [1.807, 2.05) is 6.07 Å². The van der Waals surface area contributed by atoms with E-state index in [-0.39, 0.29) is 0 Å². The molecule has 2 nitrogen and oxygen atoms in total. The maximum atomic E-state index is 9.69. The van der Waals surface area contributed by atoms with Crippen LogP contribution in [0.15, 0.2) is 41.3 Å². The van der Waals surface area contributed by atoms with E-state index in [1.165, 1.54) is 0 Å². The Balaban J connectivity index is 2.42. The summed E-state index contributed by atoms with van der Waals surface area (Å²) >= 11 is 5.85. The van der Waals surface area contributed by atoms with Crippen molar-refractivity contribution in [3.63, 3.8) is 0 Å². The maximum Gasteiger partial charge on any atom is 0.134 e. The maximum absolute atomic E-state index is 9.69. The van der Waals surface area contributed by atoms with Gasteiger partial charge in [-0.2, -0.15) is 0 Å². The molecule has 3 heteroatoms. The molecule has 1 aromatic carbocycles. The summed E-state index contributed by atoms with van der Waals surface area (Å²) in [6, 6.07) is 7.17. The quantitative estimate of drug-likeness (QED) is 0.804. The molecule has 1 N–H and O–H groups in total. The molecule has 1 atom stereocenters. The highest BCUT2D eigenvalue weighted by molar-refractivity contribution is 6.31. The van der Waals surface area contributed by atoms with Crippen LogP contribution in [0.3, 0.4) is 0 Å². The number of benzene rings is 1. The second-order valence-corrected chi connectivity index (χ2v) is 3.81. The molecule has 0 saturated carbocycles. The smallest absolute Gasteiger partial charge is 0.134 e. The number of hydrogen-bond acceptors (Lipinski definition) is 2. The molecule has 0 aliphatic heterocycles. The van der Waals surface area contributed by atoms with Crippen LogP contribution in [0.1, 0.15) is 18.3 Å². The van der Waals surface area contributed by atoms with E-state index in [0.717, 1.165) is 11.0 Å². The van der Waals surface area contributed by atoms with Gasteiger partial charge in [0.25, 0.3) is 0 Å². The highest BCUT2D eigenvalue weighted by atomic mass is 35.5. The van der Waals surface area contributed by atoms with Gasteiger partial charge in [-0.3, -0.25) is 0 Å². The van der Waals surface area contributed by atoms with E-state index >= 15 is 0 Å². The van der Waals surface area contributed by atoms with Crippen LogP contribution >= 0.6 is 11.6 Å². The van der Waals surface area contributed by atoms with Gasteiger partial charge in [0.2, 0.25) is 0 Å². The van der Waals surface area contributed by atoms with E-state index in [2.05, 4.69) is 6.58 Å². The van der Waals surface area contributed by atoms with Crippen LogP contribution in [0.2, 0.25) is 5.02 Å². The number of fused-ring (bicyclic) bond motifs is 1. The zero-order chi connectivity index (χ0) is 10.8. The largest absolute Gasteiger partial charge is 0.458 e. The third-order valence-corrected chi connectivity index (χ3v) is 2.45. The lowest BCUT2D eigenvalue weighted by Crippen LogP contribution is -1.91. The zero-order valence-corrected chi connectivity index (χ0v) is 8.87. The second kappa shape index (κ2) is 4.09. The van der Waals surface area contributed by atoms with Gasteiger partial charge in [0.15, 0.2) is 0 Å². The summed E-state index contributed by atoms with van der Waals surface area (Å²) in [6.07, 6.45) is 1.51. The Morgan fingerprint density at radius 3 is 3.00 bits per heavy atom. The molecule has 0 saturated heterocycles. The van der Waals surface area contributed by atoms with Crippen molar-refractivity contribution in [2.75, 3.05) is 0 Å². The lowest BCUT2D eigenvalue weighted by Gasteiger charge is -2.01. The molecular weight excluding hydrogens is 212 g/mol. The van der Waals surface area contributed by atoms with Crippen LogP contribution in [-0.2, 0) is 0 Å². The van der Waals surface area contributed by atoms with E-state index in [1.54, 1.807) is 24.3 Å². The van der Waals surface area contributed by atoms with Gasteiger partial charge in [-0.25, -0.2) is 0 Å². The van der Waals surface area contributed by atoms with Crippen LogP contribution < -0.4 is 0 Å². The number of halogens is 1. The normalized spacial score (nSPS) is 12.9. The number of aliphatic hydroxyl groups is 1. The summed E-state index contributed by atoms with van der Waals surface area (Å²) < 4.78 is 5.48. The number of hydrogen-bond donors (Lipinski definition) is 1. The van der Waals surface area contributed by atoms with Gasteiger partial charge in [0.1, 0.15) is 17.4 Å². The molecular formula is C12H11ClO2. The third-order valence-electron chi connectivity index (χ3n) is 2.22. The molecule has 1 heterocycles. The van der Waals surface area contributed by atoms with Crippen molar-refractivity contribution >= 4 is 22.6 Å². The Kier molecular flexibility index (Phi) is 2.80. The van der Waals surface area contributed by atoms with Gasteiger partial charge < -0.3 is 9.52 Å². The second-order valence-electron chi connectivity index (χ2n) is 3.37. The minimum Gasteiger partial charge on any atom is -0.458 e. The first-order chi connectivity index (χ1) is 7.20.